The van der Waals surface area contributed by atoms with Crippen LogP contribution in [0, 0.1) is 0 Å². The molecule has 3 rings (SSSR count). The van der Waals surface area contributed by atoms with Crippen LogP contribution in [0.25, 0.3) is 0 Å². The van der Waals surface area contributed by atoms with Crippen LogP contribution in [0.3, 0.4) is 0 Å². The Bertz CT molecular complexity index is 546. The van der Waals surface area contributed by atoms with Crippen LogP contribution in [0.1, 0.15) is 29.6 Å². The van der Waals surface area contributed by atoms with Crippen molar-refractivity contribution < 1.29 is 9.53 Å². The maximum Gasteiger partial charge on any atom is 0.340 e. The number of nitrogens with zero attached hydrogens (tertiary/aromatic N) is 2. The second-order valence-electron chi connectivity index (χ2n) is 6.02. The molecular weight excluding hydrogens is 266 g/mol. The first kappa shape index (κ1) is 14.2. The number of hydrogen-bond donors (Lipinski definition) is 1. The van der Waals surface area contributed by atoms with Gasteiger partial charge in [-0.05, 0) is 38.4 Å². The Balaban J connectivity index is 1.95. The standard InChI is InChI=1S/C16H23N3O2/c1-18-11-6-7-12(18)10-19(9-8-11)15-13(16(20)21-2)4-3-5-14(15)17/h3-5,11-12H,6-10,17H2,1-2H3. The summed E-state index contributed by atoms with van der Waals surface area (Å²) in [6.07, 6.45) is 3.61. The summed E-state index contributed by atoms with van der Waals surface area (Å²) in [5.41, 5.74) is 8.22. The van der Waals surface area contributed by atoms with E-state index in [-0.39, 0.29) is 5.97 Å². The minimum absolute atomic E-state index is 0.319. The summed E-state index contributed by atoms with van der Waals surface area (Å²) in [6, 6.07) is 6.66. The molecule has 2 bridgehead atoms. The molecule has 2 atom stereocenters. The number of ether oxygens (including phenoxy) is 1. The highest BCUT2D eigenvalue weighted by Gasteiger charge is 2.35. The monoisotopic (exact) mass is 289 g/mol. The van der Waals surface area contributed by atoms with Gasteiger partial charge in [-0.25, -0.2) is 4.79 Å². The summed E-state index contributed by atoms with van der Waals surface area (Å²) in [4.78, 5) is 16.8. The zero-order valence-corrected chi connectivity index (χ0v) is 12.7. The molecule has 2 N–H and O–H groups in total. The second kappa shape index (κ2) is 5.56. The SMILES string of the molecule is COC(=O)c1cccc(N)c1N1CCC2CCC(C1)N2C. The molecule has 1 aromatic carbocycles. The van der Waals surface area contributed by atoms with Gasteiger partial charge in [0.05, 0.1) is 24.0 Å². The van der Waals surface area contributed by atoms with E-state index >= 15 is 0 Å². The third-order valence-corrected chi connectivity index (χ3v) is 4.94. The van der Waals surface area contributed by atoms with Crippen LogP contribution in [-0.4, -0.2) is 50.2 Å². The molecule has 2 aliphatic heterocycles. The van der Waals surface area contributed by atoms with Crippen molar-refractivity contribution in [3.05, 3.63) is 23.8 Å². The highest BCUT2D eigenvalue weighted by atomic mass is 16.5. The molecular formula is C16H23N3O2. The van der Waals surface area contributed by atoms with E-state index in [0.29, 0.717) is 23.3 Å². The van der Waals surface area contributed by atoms with Gasteiger partial charge in [-0.1, -0.05) is 6.07 Å². The van der Waals surface area contributed by atoms with Crippen molar-refractivity contribution in [1.82, 2.24) is 4.90 Å². The molecule has 0 aliphatic carbocycles. The molecule has 2 unspecified atom stereocenters. The van der Waals surface area contributed by atoms with Crippen LogP contribution in [0.2, 0.25) is 0 Å². The number of hydrogen-bond acceptors (Lipinski definition) is 5. The third-order valence-electron chi connectivity index (χ3n) is 4.94. The van der Waals surface area contributed by atoms with Crippen LogP contribution in [0.15, 0.2) is 18.2 Å². The number of benzene rings is 1. The van der Waals surface area contributed by atoms with Gasteiger partial charge in [-0.2, -0.15) is 0 Å². The van der Waals surface area contributed by atoms with Gasteiger partial charge >= 0.3 is 5.97 Å². The lowest BCUT2D eigenvalue weighted by Gasteiger charge is -2.29. The minimum atomic E-state index is -0.319. The van der Waals surface area contributed by atoms with Crippen molar-refractivity contribution in [2.24, 2.45) is 0 Å². The third kappa shape index (κ3) is 2.46. The van der Waals surface area contributed by atoms with Crippen LogP contribution in [0.4, 0.5) is 11.4 Å². The number of esters is 1. The Hall–Kier alpha value is -1.75. The maximum atomic E-state index is 12.0. The van der Waals surface area contributed by atoms with Crippen molar-refractivity contribution in [2.75, 3.05) is 37.9 Å². The summed E-state index contributed by atoms with van der Waals surface area (Å²) < 4.78 is 4.91. The summed E-state index contributed by atoms with van der Waals surface area (Å²) in [5, 5.41) is 0. The van der Waals surface area contributed by atoms with Gasteiger partial charge in [0.25, 0.3) is 0 Å². The van der Waals surface area contributed by atoms with Gasteiger partial charge in [0, 0.05) is 25.2 Å². The van der Waals surface area contributed by atoms with Crippen LogP contribution < -0.4 is 10.6 Å². The molecule has 0 radical (unpaired) electrons. The molecule has 1 aromatic rings. The Morgan fingerprint density at radius 3 is 2.81 bits per heavy atom. The van der Waals surface area contributed by atoms with Crippen LogP contribution >= 0.6 is 0 Å². The zero-order chi connectivity index (χ0) is 15.0. The number of anilines is 2. The van der Waals surface area contributed by atoms with Gasteiger partial charge in [0.1, 0.15) is 0 Å². The largest absolute Gasteiger partial charge is 0.465 e. The number of fused-ring (bicyclic) bond motifs is 2. The van der Waals surface area contributed by atoms with Gasteiger partial charge in [0.15, 0.2) is 0 Å². The van der Waals surface area contributed by atoms with Crippen molar-refractivity contribution >= 4 is 17.3 Å². The van der Waals surface area contributed by atoms with E-state index in [0.717, 1.165) is 25.2 Å². The Morgan fingerprint density at radius 2 is 2.05 bits per heavy atom. The molecule has 0 aromatic heterocycles. The van der Waals surface area contributed by atoms with E-state index in [1.165, 1.54) is 20.0 Å². The van der Waals surface area contributed by atoms with E-state index in [2.05, 4.69) is 16.8 Å². The highest BCUT2D eigenvalue weighted by Crippen LogP contribution is 2.35. The zero-order valence-electron chi connectivity index (χ0n) is 12.7. The normalized spacial score (nSPS) is 25.7. The average Bonchev–Trinajstić information content (AvgIpc) is 2.72. The average molecular weight is 289 g/mol. The topological polar surface area (TPSA) is 58.8 Å². The molecule has 0 saturated carbocycles. The molecule has 2 saturated heterocycles. The van der Waals surface area contributed by atoms with Crippen molar-refractivity contribution in [1.29, 1.82) is 0 Å². The first-order valence-electron chi connectivity index (χ1n) is 7.55. The van der Waals surface area contributed by atoms with E-state index in [1.807, 2.05) is 6.07 Å². The van der Waals surface area contributed by atoms with Crippen LogP contribution in [-0.2, 0) is 4.74 Å². The summed E-state index contributed by atoms with van der Waals surface area (Å²) in [7, 11) is 3.62. The smallest absolute Gasteiger partial charge is 0.340 e. The second-order valence-corrected chi connectivity index (χ2v) is 6.02. The van der Waals surface area contributed by atoms with Crippen molar-refractivity contribution in [3.8, 4) is 0 Å². The molecule has 0 amide bonds. The molecule has 5 nitrogen and oxygen atoms in total. The molecule has 2 fully saturated rings. The number of nitrogen functional groups attached to an aromatic ring is 1. The predicted octanol–water partition coefficient (Wildman–Crippen LogP) is 1.73. The molecule has 2 heterocycles. The number of nitrogens with two attached hydrogens (primary N) is 1. The molecule has 0 spiro atoms. The molecule has 5 heteroatoms. The van der Waals surface area contributed by atoms with Gasteiger partial charge in [-0.3, -0.25) is 4.90 Å². The van der Waals surface area contributed by atoms with Gasteiger partial charge < -0.3 is 15.4 Å². The van der Waals surface area contributed by atoms with Crippen molar-refractivity contribution in [2.45, 2.75) is 31.3 Å². The molecule has 114 valence electrons. The number of para-hydroxylation sites is 1. The highest BCUT2D eigenvalue weighted by molar-refractivity contribution is 5.99. The molecule has 21 heavy (non-hydrogen) atoms. The lowest BCUT2D eigenvalue weighted by molar-refractivity contribution is 0.0601. The summed E-state index contributed by atoms with van der Waals surface area (Å²) >= 11 is 0. The van der Waals surface area contributed by atoms with E-state index in [9.17, 15) is 4.79 Å². The first-order valence-corrected chi connectivity index (χ1v) is 7.55. The number of methoxy groups -OCH3 is 1. The number of likely N-dealkylation sites (N-methyl/N-ethyl adjacent to an activating group) is 1. The first-order chi connectivity index (χ1) is 10.1. The number of carbonyl (C=O) groups is 1. The summed E-state index contributed by atoms with van der Waals surface area (Å²) in [6.45, 7) is 1.86. The van der Waals surface area contributed by atoms with E-state index in [1.54, 1.807) is 12.1 Å². The number of rotatable bonds is 2. The fourth-order valence-electron chi connectivity index (χ4n) is 3.70. The lowest BCUT2D eigenvalue weighted by Crippen LogP contribution is -2.37. The minimum Gasteiger partial charge on any atom is -0.465 e. The Labute approximate surface area is 125 Å². The Morgan fingerprint density at radius 1 is 1.29 bits per heavy atom. The Kier molecular flexibility index (Phi) is 3.76. The van der Waals surface area contributed by atoms with E-state index < -0.39 is 0 Å². The quantitative estimate of drug-likeness (QED) is 0.664. The summed E-state index contributed by atoms with van der Waals surface area (Å²) in [5.74, 6) is -0.319. The van der Waals surface area contributed by atoms with Gasteiger partial charge in [0.2, 0.25) is 0 Å². The van der Waals surface area contributed by atoms with Crippen molar-refractivity contribution in [3.63, 3.8) is 0 Å². The maximum absolute atomic E-state index is 12.0. The van der Waals surface area contributed by atoms with Crippen LogP contribution in [0.5, 0.6) is 0 Å². The fourth-order valence-corrected chi connectivity index (χ4v) is 3.70. The van der Waals surface area contributed by atoms with Gasteiger partial charge in [-0.15, -0.1) is 0 Å². The fraction of sp³-hybridized carbons (Fsp3) is 0.562. The molecule has 2 aliphatic rings. The van der Waals surface area contributed by atoms with E-state index in [4.69, 9.17) is 10.5 Å². The predicted molar refractivity (Wildman–Crippen MR) is 83.6 cm³/mol. The lowest BCUT2D eigenvalue weighted by atomic mass is 10.1. The number of carbonyl (C=O) groups excluding carboxylic acids is 1.